The highest BCUT2D eigenvalue weighted by atomic mass is 19.1. The Morgan fingerprint density at radius 2 is 2.11 bits per heavy atom. The molecule has 0 saturated carbocycles. The molecule has 4 heteroatoms. The van der Waals surface area contributed by atoms with Crippen molar-refractivity contribution in [2.24, 2.45) is 11.7 Å². The van der Waals surface area contributed by atoms with Gasteiger partial charge in [-0.25, -0.2) is 4.39 Å². The van der Waals surface area contributed by atoms with E-state index in [1.54, 1.807) is 6.07 Å². The molecule has 1 atom stereocenters. The summed E-state index contributed by atoms with van der Waals surface area (Å²) in [7, 11) is 1.94. The molecule has 0 bridgehead atoms. The van der Waals surface area contributed by atoms with Gasteiger partial charge in [0.1, 0.15) is 5.82 Å². The van der Waals surface area contributed by atoms with Crippen molar-refractivity contribution in [1.82, 2.24) is 0 Å². The van der Waals surface area contributed by atoms with Crippen LogP contribution in [-0.2, 0) is 4.74 Å². The van der Waals surface area contributed by atoms with Crippen LogP contribution in [0.1, 0.15) is 31.4 Å². The van der Waals surface area contributed by atoms with Crippen LogP contribution in [0, 0.1) is 11.7 Å². The van der Waals surface area contributed by atoms with Crippen LogP contribution in [-0.4, -0.2) is 26.8 Å². The van der Waals surface area contributed by atoms with E-state index in [1.807, 2.05) is 31.0 Å². The minimum Gasteiger partial charge on any atom is -0.381 e. The fourth-order valence-electron chi connectivity index (χ4n) is 2.53. The zero-order valence-corrected chi connectivity index (χ0v) is 11.7. The molecule has 3 nitrogen and oxygen atoms in total. The van der Waals surface area contributed by atoms with Gasteiger partial charge < -0.3 is 15.4 Å². The molecule has 1 saturated heterocycles. The molecule has 1 fully saturated rings. The van der Waals surface area contributed by atoms with E-state index in [1.165, 1.54) is 0 Å². The fourth-order valence-corrected chi connectivity index (χ4v) is 2.53. The molecule has 2 N–H and O–H groups in total. The largest absolute Gasteiger partial charge is 0.381 e. The highest BCUT2D eigenvalue weighted by Gasteiger charge is 2.18. The molecule has 0 amide bonds. The van der Waals surface area contributed by atoms with E-state index in [0.29, 0.717) is 11.6 Å². The van der Waals surface area contributed by atoms with Crippen molar-refractivity contribution in [3.05, 3.63) is 29.6 Å². The monoisotopic (exact) mass is 266 g/mol. The third kappa shape index (κ3) is 3.67. The molecule has 106 valence electrons. The Balaban J connectivity index is 2.03. The van der Waals surface area contributed by atoms with Gasteiger partial charge in [-0.1, -0.05) is 6.07 Å². The molecule has 1 aliphatic rings. The maximum atomic E-state index is 14.1. The number of benzene rings is 1. The molecule has 1 aromatic carbocycles. The average Bonchev–Trinajstić information content (AvgIpc) is 2.39. The second-order valence-electron chi connectivity index (χ2n) is 5.44. The Morgan fingerprint density at radius 3 is 2.68 bits per heavy atom. The zero-order valence-electron chi connectivity index (χ0n) is 11.7. The summed E-state index contributed by atoms with van der Waals surface area (Å²) in [6.07, 6.45) is 2.12. The molecule has 0 aliphatic carbocycles. The van der Waals surface area contributed by atoms with Crippen molar-refractivity contribution in [2.75, 3.05) is 31.7 Å². The van der Waals surface area contributed by atoms with Crippen LogP contribution in [0.3, 0.4) is 0 Å². The van der Waals surface area contributed by atoms with Crippen LogP contribution in [0.2, 0.25) is 0 Å². The smallest absolute Gasteiger partial charge is 0.146 e. The van der Waals surface area contributed by atoms with Gasteiger partial charge in [0.15, 0.2) is 0 Å². The zero-order chi connectivity index (χ0) is 13.8. The molecule has 0 spiro atoms. The Kier molecular flexibility index (Phi) is 4.77. The Labute approximate surface area is 114 Å². The standard InChI is InChI=1S/C15H23FN2O/c1-11(17)13-3-4-15(14(16)9-13)18(2)10-12-5-7-19-8-6-12/h3-4,9,11-12H,5-8,10,17H2,1-2H3/t11-/m1/s1. The van der Waals surface area contributed by atoms with Crippen LogP contribution in [0.4, 0.5) is 10.1 Å². The Bertz CT molecular complexity index is 417. The maximum absolute atomic E-state index is 14.1. The third-order valence-electron chi connectivity index (χ3n) is 3.78. The van der Waals surface area contributed by atoms with Crippen molar-refractivity contribution in [3.63, 3.8) is 0 Å². The van der Waals surface area contributed by atoms with Gasteiger partial charge in [0, 0.05) is 32.8 Å². The molecule has 2 rings (SSSR count). The van der Waals surface area contributed by atoms with Crippen molar-refractivity contribution in [3.8, 4) is 0 Å². The number of ether oxygens (including phenoxy) is 1. The summed E-state index contributed by atoms with van der Waals surface area (Å²) >= 11 is 0. The first-order valence-corrected chi connectivity index (χ1v) is 6.92. The van der Waals surface area contributed by atoms with E-state index in [4.69, 9.17) is 10.5 Å². The molecule has 0 radical (unpaired) electrons. The topological polar surface area (TPSA) is 38.5 Å². The van der Waals surface area contributed by atoms with Crippen LogP contribution in [0.25, 0.3) is 0 Å². The predicted molar refractivity (Wildman–Crippen MR) is 75.8 cm³/mol. The van der Waals surface area contributed by atoms with Crippen LogP contribution in [0.5, 0.6) is 0 Å². The van der Waals surface area contributed by atoms with Crippen LogP contribution >= 0.6 is 0 Å². The van der Waals surface area contributed by atoms with Gasteiger partial charge in [-0.2, -0.15) is 0 Å². The lowest BCUT2D eigenvalue weighted by Crippen LogP contribution is -2.30. The summed E-state index contributed by atoms with van der Waals surface area (Å²) in [5.41, 5.74) is 7.25. The maximum Gasteiger partial charge on any atom is 0.146 e. The molecule has 19 heavy (non-hydrogen) atoms. The van der Waals surface area contributed by atoms with Gasteiger partial charge >= 0.3 is 0 Å². The number of anilines is 1. The Hall–Kier alpha value is -1.13. The quantitative estimate of drug-likeness (QED) is 0.910. The molecule has 1 heterocycles. The van der Waals surface area contributed by atoms with Crippen molar-refractivity contribution in [1.29, 1.82) is 0 Å². The van der Waals surface area contributed by atoms with Crippen LogP contribution in [0.15, 0.2) is 18.2 Å². The van der Waals surface area contributed by atoms with Crippen molar-refractivity contribution < 1.29 is 9.13 Å². The first kappa shape index (κ1) is 14.3. The number of rotatable bonds is 4. The lowest BCUT2D eigenvalue weighted by atomic mass is 9.99. The summed E-state index contributed by atoms with van der Waals surface area (Å²) in [5, 5.41) is 0. The number of halogens is 1. The number of nitrogens with two attached hydrogens (primary N) is 1. The minimum atomic E-state index is -0.190. The van der Waals surface area contributed by atoms with E-state index in [9.17, 15) is 4.39 Å². The summed E-state index contributed by atoms with van der Waals surface area (Å²) in [6.45, 7) is 4.38. The van der Waals surface area contributed by atoms with Crippen molar-refractivity contribution >= 4 is 5.69 Å². The molecule has 1 aliphatic heterocycles. The van der Waals surface area contributed by atoms with E-state index >= 15 is 0 Å². The van der Waals surface area contributed by atoms with Gasteiger partial charge in [-0.05, 0) is 43.4 Å². The molecule has 0 unspecified atom stereocenters. The van der Waals surface area contributed by atoms with Gasteiger partial charge in [0.25, 0.3) is 0 Å². The average molecular weight is 266 g/mol. The highest BCUT2D eigenvalue weighted by molar-refractivity contribution is 5.49. The van der Waals surface area contributed by atoms with Gasteiger partial charge in [-0.3, -0.25) is 0 Å². The summed E-state index contributed by atoms with van der Waals surface area (Å²) < 4.78 is 19.4. The summed E-state index contributed by atoms with van der Waals surface area (Å²) in [5.74, 6) is 0.399. The minimum absolute atomic E-state index is 0.135. The highest BCUT2D eigenvalue weighted by Crippen LogP contribution is 2.24. The van der Waals surface area contributed by atoms with E-state index in [2.05, 4.69) is 0 Å². The van der Waals surface area contributed by atoms with E-state index in [-0.39, 0.29) is 11.9 Å². The molecule has 1 aromatic rings. The first-order chi connectivity index (χ1) is 9.08. The second-order valence-corrected chi connectivity index (χ2v) is 5.44. The van der Waals surface area contributed by atoms with Crippen molar-refractivity contribution in [2.45, 2.75) is 25.8 Å². The van der Waals surface area contributed by atoms with E-state index in [0.717, 1.165) is 38.2 Å². The van der Waals surface area contributed by atoms with Gasteiger partial charge in [-0.15, -0.1) is 0 Å². The third-order valence-corrected chi connectivity index (χ3v) is 3.78. The Morgan fingerprint density at radius 1 is 1.42 bits per heavy atom. The van der Waals surface area contributed by atoms with Gasteiger partial charge in [0.05, 0.1) is 5.69 Å². The number of nitrogens with zero attached hydrogens (tertiary/aromatic N) is 1. The normalized spacial score (nSPS) is 18.3. The number of hydrogen-bond donors (Lipinski definition) is 1. The number of hydrogen-bond acceptors (Lipinski definition) is 3. The lowest BCUT2D eigenvalue weighted by molar-refractivity contribution is 0.0685. The molecule has 0 aromatic heterocycles. The summed E-state index contributed by atoms with van der Waals surface area (Å²) in [6, 6.07) is 5.14. The lowest BCUT2D eigenvalue weighted by Gasteiger charge is -2.28. The molecular weight excluding hydrogens is 243 g/mol. The van der Waals surface area contributed by atoms with Gasteiger partial charge in [0.2, 0.25) is 0 Å². The molecular formula is C15H23FN2O. The van der Waals surface area contributed by atoms with E-state index < -0.39 is 0 Å². The van der Waals surface area contributed by atoms with Crippen LogP contribution < -0.4 is 10.6 Å². The summed E-state index contributed by atoms with van der Waals surface area (Å²) in [4.78, 5) is 2.00. The predicted octanol–water partition coefficient (Wildman–Crippen LogP) is 2.71. The second kappa shape index (κ2) is 6.35. The SMILES string of the molecule is C[C@@H](N)c1ccc(N(C)CC2CCOCC2)c(F)c1. The first-order valence-electron chi connectivity index (χ1n) is 6.92. The fraction of sp³-hybridized carbons (Fsp3) is 0.600.